The van der Waals surface area contributed by atoms with Crippen LogP contribution in [0.5, 0.6) is 0 Å². The zero-order valence-electron chi connectivity index (χ0n) is 8.56. The molecule has 0 spiro atoms. The van der Waals surface area contributed by atoms with E-state index in [-0.39, 0.29) is 11.7 Å². The molecule has 0 bridgehead atoms. The lowest BCUT2D eigenvalue weighted by atomic mass is 10.4. The smallest absolute Gasteiger partial charge is 0.318 e. The number of rotatable bonds is 6. The van der Waals surface area contributed by atoms with E-state index in [1.165, 1.54) is 6.92 Å². The lowest BCUT2D eigenvalue weighted by molar-refractivity contribution is -0.136. The number of carboxylic acid groups (broad SMARTS) is 1. The molecular weight excluding hydrogens is 218 g/mol. The summed E-state index contributed by atoms with van der Waals surface area (Å²) in [6.45, 7) is 1.96. The Kier molecular flexibility index (Phi) is 4.26. The van der Waals surface area contributed by atoms with Gasteiger partial charge < -0.3 is 10.4 Å². The molecule has 2 unspecified atom stereocenters. The van der Waals surface area contributed by atoms with Gasteiger partial charge in [0.25, 0.3) is 0 Å². The molecule has 1 aliphatic rings. The monoisotopic (exact) mass is 233 g/mol. The molecule has 86 valence electrons. The van der Waals surface area contributed by atoms with Gasteiger partial charge in [0, 0.05) is 17.3 Å². The molecule has 0 aromatic carbocycles. The van der Waals surface area contributed by atoms with Gasteiger partial charge >= 0.3 is 5.97 Å². The molecule has 0 radical (unpaired) electrons. The topological polar surface area (TPSA) is 83.5 Å². The summed E-state index contributed by atoms with van der Waals surface area (Å²) in [6.07, 6.45) is 2.27. The summed E-state index contributed by atoms with van der Waals surface area (Å²) in [5.74, 6) is -1.11. The SMILES string of the molecule is CC(C(=O)O)S(=O)CC(=O)NCC1CC1. The van der Waals surface area contributed by atoms with Crippen LogP contribution in [0.2, 0.25) is 0 Å². The zero-order chi connectivity index (χ0) is 11.4. The van der Waals surface area contributed by atoms with Crippen LogP contribution in [0, 0.1) is 5.92 Å². The summed E-state index contributed by atoms with van der Waals surface area (Å²) in [5.41, 5.74) is 0. The third kappa shape index (κ3) is 4.42. The van der Waals surface area contributed by atoms with Crippen molar-refractivity contribution in [2.45, 2.75) is 25.0 Å². The number of carbonyl (C=O) groups excluding carboxylic acids is 1. The van der Waals surface area contributed by atoms with Gasteiger partial charge in [-0.15, -0.1) is 0 Å². The zero-order valence-corrected chi connectivity index (χ0v) is 9.38. The van der Waals surface area contributed by atoms with Crippen LogP contribution in [0.15, 0.2) is 0 Å². The van der Waals surface area contributed by atoms with E-state index in [0.29, 0.717) is 12.5 Å². The summed E-state index contributed by atoms with van der Waals surface area (Å²) >= 11 is 0. The Hall–Kier alpha value is -0.910. The van der Waals surface area contributed by atoms with E-state index < -0.39 is 22.0 Å². The molecule has 2 N–H and O–H groups in total. The van der Waals surface area contributed by atoms with E-state index >= 15 is 0 Å². The predicted octanol–water partition coefficient (Wildman–Crippen LogP) is -0.266. The molecule has 0 aliphatic heterocycles. The minimum atomic E-state index is -1.63. The Morgan fingerprint density at radius 3 is 2.60 bits per heavy atom. The van der Waals surface area contributed by atoms with Gasteiger partial charge in [-0.2, -0.15) is 0 Å². The second-order valence-corrected chi connectivity index (χ2v) is 5.51. The number of carbonyl (C=O) groups is 2. The van der Waals surface area contributed by atoms with E-state index in [1.54, 1.807) is 0 Å². The van der Waals surface area contributed by atoms with Gasteiger partial charge in [0.1, 0.15) is 11.0 Å². The fourth-order valence-electron chi connectivity index (χ4n) is 0.998. The van der Waals surface area contributed by atoms with E-state index in [0.717, 1.165) is 12.8 Å². The minimum Gasteiger partial charge on any atom is -0.480 e. The van der Waals surface area contributed by atoms with Crippen LogP contribution in [0.4, 0.5) is 0 Å². The molecule has 5 nitrogen and oxygen atoms in total. The second-order valence-electron chi connectivity index (χ2n) is 3.75. The fraction of sp³-hybridized carbons (Fsp3) is 0.778. The van der Waals surface area contributed by atoms with E-state index in [9.17, 15) is 13.8 Å². The van der Waals surface area contributed by atoms with E-state index in [1.807, 2.05) is 0 Å². The van der Waals surface area contributed by atoms with Gasteiger partial charge in [-0.25, -0.2) is 0 Å². The fourth-order valence-corrected chi connectivity index (χ4v) is 1.83. The molecule has 0 aromatic heterocycles. The molecule has 1 aliphatic carbocycles. The third-order valence-corrected chi connectivity index (χ3v) is 3.84. The van der Waals surface area contributed by atoms with Crippen LogP contribution in [0.1, 0.15) is 19.8 Å². The summed E-state index contributed by atoms with van der Waals surface area (Å²) < 4.78 is 11.3. The minimum absolute atomic E-state index is 0.222. The summed E-state index contributed by atoms with van der Waals surface area (Å²) in [6, 6.07) is 0. The predicted molar refractivity (Wildman–Crippen MR) is 55.8 cm³/mol. The van der Waals surface area contributed by atoms with Crippen LogP contribution in [-0.4, -0.2) is 38.7 Å². The largest absolute Gasteiger partial charge is 0.480 e. The van der Waals surface area contributed by atoms with Crippen LogP contribution in [0.3, 0.4) is 0 Å². The van der Waals surface area contributed by atoms with Gasteiger partial charge in [-0.3, -0.25) is 13.8 Å². The standard InChI is InChI=1S/C9H15NO4S/c1-6(9(12)13)15(14)5-8(11)10-4-7-2-3-7/h6-7H,2-5H2,1H3,(H,10,11)(H,12,13). The molecule has 1 fully saturated rings. The normalized spacial score (nSPS) is 19.3. The average molecular weight is 233 g/mol. The molecule has 1 saturated carbocycles. The highest BCUT2D eigenvalue weighted by Gasteiger charge is 2.24. The van der Waals surface area contributed by atoms with Crippen molar-refractivity contribution in [2.75, 3.05) is 12.3 Å². The summed E-state index contributed by atoms with van der Waals surface area (Å²) in [7, 11) is -1.63. The molecule has 0 heterocycles. The van der Waals surface area contributed by atoms with Crippen LogP contribution in [-0.2, 0) is 20.4 Å². The molecule has 0 aromatic rings. The number of aliphatic carboxylic acids is 1. The first-order valence-electron chi connectivity index (χ1n) is 4.87. The average Bonchev–Trinajstić information content (AvgIpc) is 2.96. The highest BCUT2D eigenvalue weighted by Crippen LogP contribution is 2.27. The first kappa shape index (κ1) is 12.2. The highest BCUT2D eigenvalue weighted by molar-refractivity contribution is 7.87. The van der Waals surface area contributed by atoms with E-state index in [4.69, 9.17) is 5.11 Å². The van der Waals surface area contributed by atoms with Crippen molar-refractivity contribution in [1.29, 1.82) is 0 Å². The number of hydrogen-bond acceptors (Lipinski definition) is 3. The van der Waals surface area contributed by atoms with Crippen LogP contribution >= 0.6 is 0 Å². The first-order valence-corrected chi connectivity index (χ1v) is 6.25. The summed E-state index contributed by atoms with van der Waals surface area (Å²) in [4.78, 5) is 21.7. The maximum absolute atomic E-state index is 11.3. The van der Waals surface area contributed by atoms with Crippen molar-refractivity contribution in [1.82, 2.24) is 5.32 Å². The Morgan fingerprint density at radius 1 is 1.53 bits per heavy atom. The van der Waals surface area contributed by atoms with E-state index in [2.05, 4.69) is 5.32 Å². The Labute approximate surface area is 90.7 Å². The Balaban J connectivity index is 2.23. The van der Waals surface area contributed by atoms with Gasteiger partial charge in [0.05, 0.1) is 0 Å². The quantitative estimate of drug-likeness (QED) is 0.661. The lowest BCUT2D eigenvalue weighted by Crippen LogP contribution is -2.34. The maximum Gasteiger partial charge on any atom is 0.318 e. The number of carboxylic acids is 1. The van der Waals surface area contributed by atoms with Gasteiger partial charge in [0.15, 0.2) is 0 Å². The van der Waals surface area contributed by atoms with Gasteiger partial charge in [-0.05, 0) is 25.7 Å². The number of nitrogens with one attached hydrogen (secondary N) is 1. The van der Waals surface area contributed by atoms with Gasteiger partial charge in [-0.1, -0.05) is 0 Å². The first-order chi connectivity index (χ1) is 7.00. The lowest BCUT2D eigenvalue weighted by Gasteiger charge is -2.06. The van der Waals surface area contributed by atoms with Gasteiger partial charge in [0.2, 0.25) is 5.91 Å². The van der Waals surface area contributed by atoms with Crippen molar-refractivity contribution in [3.63, 3.8) is 0 Å². The second kappa shape index (κ2) is 5.25. The van der Waals surface area contributed by atoms with Crippen molar-refractivity contribution in [3.05, 3.63) is 0 Å². The van der Waals surface area contributed by atoms with Crippen molar-refractivity contribution in [2.24, 2.45) is 5.92 Å². The molecular formula is C9H15NO4S. The number of amides is 1. The van der Waals surface area contributed by atoms with Crippen molar-refractivity contribution >= 4 is 22.7 Å². The Bertz CT molecular complexity index is 288. The van der Waals surface area contributed by atoms with Crippen molar-refractivity contribution < 1.29 is 18.9 Å². The molecule has 1 amide bonds. The molecule has 1 rings (SSSR count). The van der Waals surface area contributed by atoms with Crippen molar-refractivity contribution in [3.8, 4) is 0 Å². The maximum atomic E-state index is 11.3. The summed E-state index contributed by atoms with van der Waals surface area (Å²) in [5, 5.41) is 10.2. The van der Waals surface area contributed by atoms with Crippen LogP contribution < -0.4 is 5.32 Å². The molecule has 0 saturated heterocycles. The molecule has 2 atom stereocenters. The van der Waals surface area contributed by atoms with Crippen LogP contribution in [0.25, 0.3) is 0 Å². The Morgan fingerprint density at radius 2 is 2.13 bits per heavy atom. The highest BCUT2D eigenvalue weighted by atomic mass is 32.2. The number of hydrogen-bond donors (Lipinski definition) is 2. The third-order valence-electron chi connectivity index (χ3n) is 2.30. The molecule has 15 heavy (non-hydrogen) atoms. The molecule has 6 heteroatoms.